The second-order valence-corrected chi connectivity index (χ2v) is 3.56. The SMILES string of the molecule is CC(C)C(O)CNc1ccnc(F)c1. The van der Waals surface area contributed by atoms with Gasteiger partial charge in [-0.05, 0) is 12.0 Å². The standard InChI is InChI=1S/C10H15FN2O/c1-7(2)9(14)6-13-8-3-4-12-10(11)5-8/h3-5,7,9,14H,6H2,1-2H3,(H,12,13). The van der Waals surface area contributed by atoms with Crippen LogP contribution < -0.4 is 5.32 Å². The van der Waals surface area contributed by atoms with Crippen molar-refractivity contribution < 1.29 is 9.50 Å². The van der Waals surface area contributed by atoms with E-state index in [9.17, 15) is 9.50 Å². The zero-order valence-corrected chi connectivity index (χ0v) is 8.37. The van der Waals surface area contributed by atoms with Crippen LogP contribution in [0.3, 0.4) is 0 Å². The molecule has 1 aromatic heterocycles. The largest absolute Gasteiger partial charge is 0.391 e. The summed E-state index contributed by atoms with van der Waals surface area (Å²) in [7, 11) is 0. The maximum atomic E-state index is 12.6. The second-order valence-electron chi connectivity index (χ2n) is 3.56. The predicted molar refractivity (Wildman–Crippen MR) is 53.5 cm³/mol. The van der Waals surface area contributed by atoms with Gasteiger partial charge in [0.2, 0.25) is 5.95 Å². The first-order valence-electron chi connectivity index (χ1n) is 4.63. The highest BCUT2D eigenvalue weighted by Gasteiger charge is 2.08. The number of aromatic nitrogens is 1. The third-order valence-electron chi connectivity index (χ3n) is 2.01. The molecule has 0 saturated heterocycles. The van der Waals surface area contributed by atoms with Gasteiger partial charge in [0.25, 0.3) is 0 Å². The molecule has 0 fully saturated rings. The maximum absolute atomic E-state index is 12.6. The number of hydrogen-bond acceptors (Lipinski definition) is 3. The first kappa shape index (κ1) is 10.9. The summed E-state index contributed by atoms with van der Waals surface area (Å²) in [5, 5.41) is 12.4. The molecule has 14 heavy (non-hydrogen) atoms. The van der Waals surface area contributed by atoms with E-state index in [1.165, 1.54) is 12.3 Å². The molecule has 0 radical (unpaired) electrons. The Balaban J connectivity index is 2.45. The predicted octanol–water partition coefficient (Wildman–Crippen LogP) is 1.65. The molecule has 78 valence electrons. The van der Waals surface area contributed by atoms with Crippen molar-refractivity contribution in [3.63, 3.8) is 0 Å². The third kappa shape index (κ3) is 3.30. The van der Waals surface area contributed by atoms with Gasteiger partial charge in [0.15, 0.2) is 0 Å². The highest BCUT2D eigenvalue weighted by molar-refractivity contribution is 5.41. The smallest absolute Gasteiger partial charge is 0.214 e. The van der Waals surface area contributed by atoms with Crippen molar-refractivity contribution in [2.45, 2.75) is 20.0 Å². The van der Waals surface area contributed by atoms with E-state index in [0.717, 1.165) is 0 Å². The van der Waals surface area contributed by atoms with E-state index in [1.54, 1.807) is 6.07 Å². The van der Waals surface area contributed by atoms with Gasteiger partial charge in [0.1, 0.15) is 0 Å². The molecule has 1 heterocycles. The normalized spacial score (nSPS) is 12.9. The molecule has 0 aliphatic heterocycles. The Morgan fingerprint density at radius 2 is 2.29 bits per heavy atom. The number of rotatable bonds is 4. The Hall–Kier alpha value is -1.16. The molecule has 0 saturated carbocycles. The molecule has 0 aliphatic carbocycles. The van der Waals surface area contributed by atoms with E-state index < -0.39 is 12.1 Å². The first-order valence-corrected chi connectivity index (χ1v) is 4.63. The number of nitrogens with one attached hydrogen (secondary N) is 1. The maximum Gasteiger partial charge on any atom is 0.214 e. The lowest BCUT2D eigenvalue weighted by Crippen LogP contribution is -2.24. The van der Waals surface area contributed by atoms with Crippen LogP contribution in [0, 0.1) is 11.9 Å². The third-order valence-corrected chi connectivity index (χ3v) is 2.01. The Morgan fingerprint density at radius 3 is 2.86 bits per heavy atom. The summed E-state index contributed by atoms with van der Waals surface area (Å²) >= 11 is 0. The van der Waals surface area contributed by atoms with Crippen LogP contribution in [0.1, 0.15) is 13.8 Å². The van der Waals surface area contributed by atoms with Crippen molar-refractivity contribution in [1.82, 2.24) is 4.98 Å². The van der Waals surface area contributed by atoms with E-state index in [1.807, 2.05) is 13.8 Å². The molecule has 1 unspecified atom stereocenters. The number of pyridine rings is 1. The topological polar surface area (TPSA) is 45.1 Å². The van der Waals surface area contributed by atoms with E-state index in [-0.39, 0.29) is 5.92 Å². The lowest BCUT2D eigenvalue weighted by molar-refractivity contribution is 0.138. The van der Waals surface area contributed by atoms with Gasteiger partial charge in [-0.3, -0.25) is 0 Å². The lowest BCUT2D eigenvalue weighted by atomic mass is 10.1. The van der Waals surface area contributed by atoms with Gasteiger partial charge in [0, 0.05) is 24.5 Å². The van der Waals surface area contributed by atoms with Crippen molar-refractivity contribution in [1.29, 1.82) is 0 Å². The molecular formula is C10H15FN2O. The van der Waals surface area contributed by atoms with Gasteiger partial charge < -0.3 is 10.4 Å². The zero-order chi connectivity index (χ0) is 10.6. The Bertz CT molecular complexity index is 291. The summed E-state index contributed by atoms with van der Waals surface area (Å²) in [6, 6.07) is 2.96. The first-order chi connectivity index (χ1) is 6.59. The molecule has 0 aromatic carbocycles. The molecule has 2 N–H and O–H groups in total. The molecule has 1 atom stereocenters. The summed E-state index contributed by atoms with van der Waals surface area (Å²) in [6.07, 6.45) is 0.964. The van der Waals surface area contributed by atoms with Crippen LogP contribution in [0.5, 0.6) is 0 Å². The summed E-state index contributed by atoms with van der Waals surface area (Å²) in [5.74, 6) is -0.330. The Labute approximate surface area is 83.0 Å². The van der Waals surface area contributed by atoms with Crippen molar-refractivity contribution >= 4 is 5.69 Å². The second kappa shape index (κ2) is 4.91. The van der Waals surface area contributed by atoms with Crippen LogP contribution in [0.2, 0.25) is 0 Å². The van der Waals surface area contributed by atoms with Crippen molar-refractivity contribution in [3.8, 4) is 0 Å². The van der Waals surface area contributed by atoms with Crippen LogP contribution in [0.4, 0.5) is 10.1 Å². The summed E-state index contributed by atoms with van der Waals surface area (Å²) in [4.78, 5) is 3.43. The number of anilines is 1. The number of halogens is 1. The molecule has 0 aliphatic rings. The fourth-order valence-corrected chi connectivity index (χ4v) is 0.971. The van der Waals surface area contributed by atoms with Crippen molar-refractivity contribution in [2.24, 2.45) is 5.92 Å². The minimum Gasteiger partial charge on any atom is -0.391 e. The van der Waals surface area contributed by atoms with E-state index in [2.05, 4.69) is 10.3 Å². The van der Waals surface area contributed by atoms with Gasteiger partial charge in [0.05, 0.1) is 6.10 Å². The lowest BCUT2D eigenvalue weighted by Gasteiger charge is -2.15. The monoisotopic (exact) mass is 198 g/mol. The quantitative estimate of drug-likeness (QED) is 0.723. The summed E-state index contributed by atoms with van der Waals surface area (Å²) < 4.78 is 12.6. The zero-order valence-electron chi connectivity index (χ0n) is 8.37. The summed E-state index contributed by atoms with van der Waals surface area (Å²) in [6.45, 7) is 4.28. The number of aliphatic hydroxyl groups excluding tert-OH is 1. The van der Waals surface area contributed by atoms with E-state index in [0.29, 0.717) is 12.2 Å². The molecule has 1 rings (SSSR count). The van der Waals surface area contributed by atoms with Gasteiger partial charge in [-0.2, -0.15) is 4.39 Å². The number of hydrogen-bond donors (Lipinski definition) is 2. The Morgan fingerprint density at radius 1 is 1.57 bits per heavy atom. The van der Waals surface area contributed by atoms with Gasteiger partial charge in [-0.1, -0.05) is 13.8 Å². The highest BCUT2D eigenvalue weighted by atomic mass is 19.1. The molecule has 0 bridgehead atoms. The molecule has 1 aromatic rings. The van der Waals surface area contributed by atoms with Gasteiger partial charge in [-0.15, -0.1) is 0 Å². The Kier molecular flexibility index (Phi) is 3.83. The van der Waals surface area contributed by atoms with Gasteiger partial charge >= 0.3 is 0 Å². The van der Waals surface area contributed by atoms with Crippen LogP contribution in [0.25, 0.3) is 0 Å². The highest BCUT2D eigenvalue weighted by Crippen LogP contribution is 2.08. The average Bonchev–Trinajstić information content (AvgIpc) is 2.14. The number of nitrogens with zero attached hydrogens (tertiary/aromatic N) is 1. The van der Waals surface area contributed by atoms with Gasteiger partial charge in [-0.25, -0.2) is 4.98 Å². The van der Waals surface area contributed by atoms with Crippen LogP contribution in [-0.2, 0) is 0 Å². The van der Waals surface area contributed by atoms with Crippen molar-refractivity contribution in [2.75, 3.05) is 11.9 Å². The molecule has 4 heteroatoms. The fraction of sp³-hybridized carbons (Fsp3) is 0.500. The summed E-state index contributed by atoms with van der Waals surface area (Å²) in [5.41, 5.74) is 0.636. The average molecular weight is 198 g/mol. The van der Waals surface area contributed by atoms with Crippen molar-refractivity contribution in [3.05, 3.63) is 24.3 Å². The number of aliphatic hydroxyl groups is 1. The molecule has 3 nitrogen and oxygen atoms in total. The molecular weight excluding hydrogens is 183 g/mol. The fourth-order valence-electron chi connectivity index (χ4n) is 0.971. The molecule has 0 spiro atoms. The van der Waals surface area contributed by atoms with Crippen LogP contribution in [0.15, 0.2) is 18.3 Å². The minimum absolute atomic E-state index is 0.189. The van der Waals surface area contributed by atoms with Crippen LogP contribution in [-0.4, -0.2) is 22.7 Å². The minimum atomic E-state index is -0.519. The van der Waals surface area contributed by atoms with E-state index >= 15 is 0 Å². The van der Waals surface area contributed by atoms with E-state index in [4.69, 9.17) is 0 Å². The molecule has 0 amide bonds. The van der Waals surface area contributed by atoms with Crippen LogP contribution >= 0.6 is 0 Å².